The van der Waals surface area contributed by atoms with Crippen LogP contribution in [0.3, 0.4) is 0 Å². The van der Waals surface area contributed by atoms with Crippen molar-refractivity contribution in [3.05, 3.63) is 169 Å². The normalized spacial score (nSPS) is 11.5. The Morgan fingerprint density at radius 3 is 1.87 bits per heavy atom. The summed E-state index contributed by atoms with van der Waals surface area (Å²) < 4.78 is 3.64. The molecule has 7 aromatic carbocycles. The average Bonchev–Trinajstić information content (AvgIpc) is 3.73. The van der Waals surface area contributed by atoms with Crippen molar-refractivity contribution in [2.45, 2.75) is 0 Å². The van der Waals surface area contributed by atoms with Crippen LogP contribution in [0, 0.1) is 0 Å². The Bertz CT molecular complexity index is 2460. The quantitative estimate of drug-likeness (QED) is 0.191. The number of fused-ring (bicyclic) bond motifs is 3. The zero-order chi connectivity index (χ0) is 30.5. The molecular weight excluding hydrogens is 577 g/mol. The maximum Gasteiger partial charge on any atom is 0.147 e. The number of imidazole rings is 1. The number of benzene rings is 7. The van der Waals surface area contributed by atoms with E-state index >= 15 is 0 Å². The van der Waals surface area contributed by atoms with Gasteiger partial charge in [-0.3, -0.25) is 4.57 Å². The van der Waals surface area contributed by atoms with Gasteiger partial charge in [0.05, 0.1) is 16.7 Å². The number of nitrogens with zero attached hydrogens (tertiary/aromatic N) is 2. The van der Waals surface area contributed by atoms with Gasteiger partial charge in [-0.15, -0.1) is 11.3 Å². The van der Waals surface area contributed by atoms with Gasteiger partial charge in [0.1, 0.15) is 5.82 Å². The van der Waals surface area contributed by atoms with Crippen LogP contribution in [0.5, 0.6) is 0 Å². The molecule has 0 aliphatic rings. The van der Waals surface area contributed by atoms with Crippen LogP contribution in [0.1, 0.15) is 0 Å². The first-order chi connectivity index (χ1) is 22.8. The van der Waals surface area contributed by atoms with Gasteiger partial charge in [-0.2, -0.15) is 0 Å². The predicted octanol–water partition coefficient (Wildman–Crippen LogP) is 12.1. The van der Waals surface area contributed by atoms with Crippen LogP contribution in [0.25, 0.3) is 82.3 Å². The molecule has 9 aromatic rings. The van der Waals surface area contributed by atoms with Gasteiger partial charge in [0.2, 0.25) is 0 Å². The minimum absolute atomic E-state index is 0.947. The molecule has 0 unspecified atom stereocenters. The van der Waals surface area contributed by atoms with Crippen molar-refractivity contribution in [2.75, 3.05) is 0 Å². The lowest BCUT2D eigenvalue weighted by Crippen LogP contribution is -2.03. The fourth-order valence-electron chi connectivity index (χ4n) is 6.77. The first-order valence-corrected chi connectivity index (χ1v) is 16.4. The monoisotopic (exact) mass is 604 g/mol. The molecule has 216 valence electrons. The van der Waals surface area contributed by atoms with Crippen molar-refractivity contribution in [2.24, 2.45) is 0 Å². The molecule has 2 aromatic heterocycles. The highest BCUT2D eigenvalue weighted by Gasteiger charge is 2.23. The first kappa shape index (κ1) is 26.6. The van der Waals surface area contributed by atoms with E-state index in [0.717, 1.165) is 28.1 Å². The summed E-state index contributed by atoms with van der Waals surface area (Å²) in [5, 5.41) is 6.00. The van der Waals surface area contributed by atoms with Crippen LogP contribution < -0.4 is 0 Å². The Hall–Kier alpha value is -5.77. The van der Waals surface area contributed by atoms with Gasteiger partial charge in [0.25, 0.3) is 0 Å². The highest BCUT2D eigenvalue weighted by Crippen LogP contribution is 2.43. The molecule has 2 heterocycles. The molecule has 0 amide bonds. The lowest BCUT2D eigenvalue weighted by Gasteiger charge is -2.19. The van der Waals surface area contributed by atoms with E-state index in [2.05, 4.69) is 174 Å². The summed E-state index contributed by atoms with van der Waals surface area (Å²) >= 11 is 1.78. The largest absolute Gasteiger partial charge is 0.291 e. The number of para-hydroxylation sites is 3. The molecule has 0 bridgehead atoms. The second-order valence-electron chi connectivity index (χ2n) is 11.6. The van der Waals surface area contributed by atoms with Crippen molar-refractivity contribution in [3.63, 3.8) is 0 Å². The zero-order valence-corrected chi connectivity index (χ0v) is 25.8. The van der Waals surface area contributed by atoms with Crippen molar-refractivity contribution in [3.8, 4) is 50.5 Å². The molecule has 0 aliphatic carbocycles. The average molecular weight is 605 g/mol. The Balaban J connectivity index is 1.35. The lowest BCUT2D eigenvalue weighted by molar-refractivity contribution is 1.11. The number of aromatic nitrogens is 2. The summed E-state index contributed by atoms with van der Waals surface area (Å²) in [4.78, 5) is 5.37. The topological polar surface area (TPSA) is 17.8 Å². The summed E-state index contributed by atoms with van der Waals surface area (Å²) in [7, 11) is 0. The maximum absolute atomic E-state index is 5.37. The van der Waals surface area contributed by atoms with E-state index in [9.17, 15) is 0 Å². The third kappa shape index (κ3) is 4.36. The number of hydrogen-bond donors (Lipinski definition) is 0. The van der Waals surface area contributed by atoms with Crippen LogP contribution in [0.4, 0.5) is 0 Å². The van der Waals surface area contributed by atoms with Gasteiger partial charge >= 0.3 is 0 Å². The summed E-state index contributed by atoms with van der Waals surface area (Å²) in [5.74, 6) is 0.947. The minimum Gasteiger partial charge on any atom is -0.291 e. The summed E-state index contributed by atoms with van der Waals surface area (Å²) in [6.07, 6.45) is 0. The standard InChI is InChI=1S/C43H28N2S/c1-3-13-30(14-4-1)35-21-12-22-36(31-15-5-2-6-16-31)42(35)45-40-24-10-9-23-39(40)44-43(45)38-28-46-41-26-25-32(27-37(38)41)34-20-11-18-29-17-7-8-19-33(29)34/h1-28H. The van der Waals surface area contributed by atoms with Crippen LogP contribution in [-0.4, -0.2) is 9.55 Å². The highest BCUT2D eigenvalue weighted by atomic mass is 32.1. The summed E-state index contributed by atoms with van der Waals surface area (Å²) in [6, 6.07) is 58.6. The molecule has 3 heteroatoms. The minimum atomic E-state index is 0.947. The number of rotatable bonds is 5. The molecule has 2 nitrogen and oxygen atoms in total. The fourth-order valence-corrected chi connectivity index (χ4v) is 7.69. The second kappa shape index (κ2) is 11.0. The fraction of sp³-hybridized carbons (Fsp3) is 0. The summed E-state index contributed by atoms with van der Waals surface area (Å²) in [5.41, 5.74) is 11.5. The molecule has 0 radical (unpaired) electrons. The smallest absolute Gasteiger partial charge is 0.147 e. The molecule has 46 heavy (non-hydrogen) atoms. The summed E-state index contributed by atoms with van der Waals surface area (Å²) in [6.45, 7) is 0. The van der Waals surface area contributed by atoms with Crippen molar-refractivity contribution < 1.29 is 0 Å². The van der Waals surface area contributed by atoms with E-state index in [4.69, 9.17) is 4.98 Å². The van der Waals surface area contributed by atoms with E-state index in [1.165, 1.54) is 54.2 Å². The molecule has 0 saturated carbocycles. The van der Waals surface area contributed by atoms with Crippen LogP contribution in [-0.2, 0) is 0 Å². The Morgan fingerprint density at radius 1 is 0.457 bits per heavy atom. The Morgan fingerprint density at radius 2 is 1.09 bits per heavy atom. The first-order valence-electron chi connectivity index (χ1n) is 15.5. The Kier molecular flexibility index (Phi) is 6.36. The SMILES string of the molecule is c1ccc(-c2cccc(-c3ccccc3)c2-n2c(-c3csc4ccc(-c5cccc6ccccc56)cc34)nc3ccccc32)cc1. The molecule has 0 atom stereocenters. The molecule has 0 spiro atoms. The van der Waals surface area contributed by atoms with Crippen LogP contribution >= 0.6 is 11.3 Å². The molecule has 9 rings (SSSR count). The van der Waals surface area contributed by atoms with E-state index in [0.29, 0.717) is 0 Å². The van der Waals surface area contributed by atoms with Gasteiger partial charge in [-0.1, -0.05) is 140 Å². The molecule has 0 N–H and O–H groups in total. The number of hydrogen-bond acceptors (Lipinski definition) is 2. The third-order valence-electron chi connectivity index (χ3n) is 8.91. The maximum atomic E-state index is 5.37. The van der Waals surface area contributed by atoms with Gasteiger partial charge in [0, 0.05) is 32.2 Å². The third-order valence-corrected chi connectivity index (χ3v) is 9.87. The zero-order valence-electron chi connectivity index (χ0n) is 25.0. The Labute approximate surface area is 271 Å². The molecule has 0 saturated heterocycles. The van der Waals surface area contributed by atoms with E-state index in [-0.39, 0.29) is 0 Å². The molecule has 0 aliphatic heterocycles. The van der Waals surface area contributed by atoms with E-state index in [1.807, 2.05) is 0 Å². The molecular formula is C43H28N2S. The van der Waals surface area contributed by atoms with Gasteiger partial charge in [0.15, 0.2) is 0 Å². The van der Waals surface area contributed by atoms with E-state index < -0.39 is 0 Å². The molecule has 0 fully saturated rings. The lowest BCUT2D eigenvalue weighted by atomic mass is 9.95. The highest BCUT2D eigenvalue weighted by molar-refractivity contribution is 7.17. The number of thiophene rings is 1. The van der Waals surface area contributed by atoms with Crippen LogP contribution in [0.2, 0.25) is 0 Å². The van der Waals surface area contributed by atoms with Crippen LogP contribution in [0.15, 0.2) is 169 Å². The van der Waals surface area contributed by atoms with Crippen molar-refractivity contribution in [1.29, 1.82) is 0 Å². The van der Waals surface area contributed by atoms with Gasteiger partial charge < -0.3 is 0 Å². The van der Waals surface area contributed by atoms with Crippen molar-refractivity contribution in [1.82, 2.24) is 9.55 Å². The van der Waals surface area contributed by atoms with E-state index in [1.54, 1.807) is 11.3 Å². The van der Waals surface area contributed by atoms with Crippen molar-refractivity contribution >= 4 is 43.2 Å². The van der Waals surface area contributed by atoms with Gasteiger partial charge in [-0.05, 0) is 57.3 Å². The second-order valence-corrected chi connectivity index (χ2v) is 12.5. The van der Waals surface area contributed by atoms with Gasteiger partial charge in [-0.25, -0.2) is 4.98 Å². The predicted molar refractivity (Wildman–Crippen MR) is 196 cm³/mol.